The number of aromatic carboxylic acids is 1. The number of fused-ring (bicyclic) bond motifs is 1. The largest absolute Gasteiger partial charge is 0.478 e. The zero-order valence-corrected chi connectivity index (χ0v) is 7.73. The van der Waals surface area contributed by atoms with Gasteiger partial charge in [-0.25, -0.2) is 4.79 Å². The van der Waals surface area contributed by atoms with Gasteiger partial charge in [0.25, 0.3) is 0 Å². The van der Waals surface area contributed by atoms with Crippen LogP contribution in [0.2, 0.25) is 0 Å². The van der Waals surface area contributed by atoms with E-state index in [1.807, 2.05) is 0 Å². The number of aryl methyl sites for hydroxylation is 1. The molecule has 1 unspecified atom stereocenters. The van der Waals surface area contributed by atoms with Crippen molar-refractivity contribution < 1.29 is 15.0 Å². The Morgan fingerprint density at radius 3 is 2.93 bits per heavy atom. The SMILES string of the molecule is O=C(O)c1ccc2c(c1)C(O)CCC2. The fraction of sp³-hybridized carbons (Fsp3) is 0.364. The summed E-state index contributed by atoms with van der Waals surface area (Å²) < 4.78 is 0. The molecule has 0 fully saturated rings. The highest BCUT2D eigenvalue weighted by Gasteiger charge is 2.19. The maximum atomic E-state index is 10.7. The van der Waals surface area contributed by atoms with E-state index in [1.165, 1.54) is 0 Å². The van der Waals surface area contributed by atoms with Crippen molar-refractivity contribution in [3.63, 3.8) is 0 Å². The second kappa shape index (κ2) is 3.42. The summed E-state index contributed by atoms with van der Waals surface area (Å²) in [4.78, 5) is 10.7. The number of hydrogen-bond acceptors (Lipinski definition) is 2. The van der Waals surface area contributed by atoms with Gasteiger partial charge in [0.2, 0.25) is 0 Å². The summed E-state index contributed by atoms with van der Waals surface area (Å²) in [6.07, 6.45) is 2.15. The first-order valence-electron chi connectivity index (χ1n) is 4.72. The molecule has 3 heteroatoms. The molecule has 3 nitrogen and oxygen atoms in total. The minimum absolute atomic E-state index is 0.254. The number of aliphatic hydroxyl groups excluding tert-OH is 1. The molecular weight excluding hydrogens is 180 g/mol. The summed E-state index contributed by atoms with van der Waals surface area (Å²) in [6, 6.07) is 4.99. The minimum atomic E-state index is -0.939. The Bertz CT molecular complexity index is 371. The van der Waals surface area contributed by atoms with Gasteiger partial charge in [-0.1, -0.05) is 6.07 Å². The van der Waals surface area contributed by atoms with E-state index >= 15 is 0 Å². The van der Waals surface area contributed by atoms with Crippen molar-refractivity contribution in [1.82, 2.24) is 0 Å². The molecule has 0 spiro atoms. The number of hydrogen-bond donors (Lipinski definition) is 2. The molecule has 74 valence electrons. The Hall–Kier alpha value is -1.35. The molecule has 0 saturated heterocycles. The van der Waals surface area contributed by atoms with E-state index in [2.05, 4.69) is 0 Å². The number of aliphatic hydroxyl groups is 1. The van der Waals surface area contributed by atoms with Gasteiger partial charge in [-0.05, 0) is 42.5 Å². The van der Waals surface area contributed by atoms with Gasteiger partial charge < -0.3 is 10.2 Å². The van der Waals surface area contributed by atoms with Crippen LogP contribution in [0.1, 0.15) is 40.4 Å². The van der Waals surface area contributed by atoms with Crippen LogP contribution >= 0.6 is 0 Å². The van der Waals surface area contributed by atoms with E-state index in [0.717, 1.165) is 30.4 Å². The van der Waals surface area contributed by atoms with Crippen molar-refractivity contribution in [3.8, 4) is 0 Å². The molecule has 2 rings (SSSR count). The standard InChI is InChI=1S/C11H12O3/c12-10-3-1-2-7-4-5-8(11(13)14)6-9(7)10/h4-6,10,12H,1-3H2,(H,13,14). The molecule has 0 aliphatic heterocycles. The zero-order chi connectivity index (χ0) is 10.1. The van der Waals surface area contributed by atoms with E-state index in [1.54, 1.807) is 18.2 Å². The topological polar surface area (TPSA) is 57.5 Å². The molecule has 1 aliphatic carbocycles. The zero-order valence-electron chi connectivity index (χ0n) is 7.73. The quantitative estimate of drug-likeness (QED) is 0.712. The lowest BCUT2D eigenvalue weighted by molar-refractivity contribution is 0.0696. The highest BCUT2D eigenvalue weighted by molar-refractivity contribution is 5.88. The molecule has 0 bridgehead atoms. The fourth-order valence-corrected chi connectivity index (χ4v) is 1.91. The molecule has 1 aromatic rings. The van der Waals surface area contributed by atoms with E-state index in [4.69, 9.17) is 5.11 Å². The van der Waals surface area contributed by atoms with Gasteiger partial charge >= 0.3 is 5.97 Å². The molecule has 0 radical (unpaired) electrons. The second-order valence-corrected chi connectivity index (χ2v) is 3.63. The van der Waals surface area contributed by atoms with E-state index in [0.29, 0.717) is 0 Å². The van der Waals surface area contributed by atoms with Crippen LogP contribution < -0.4 is 0 Å². The highest BCUT2D eigenvalue weighted by atomic mass is 16.4. The first-order valence-corrected chi connectivity index (χ1v) is 4.72. The van der Waals surface area contributed by atoms with Gasteiger partial charge in [0.15, 0.2) is 0 Å². The maximum absolute atomic E-state index is 10.7. The Labute approximate surface area is 82.0 Å². The smallest absolute Gasteiger partial charge is 0.335 e. The number of carbonyl (C=O) groups is 1. The van der Waals surface area contributed by atoms with Crippen LogP contribution in [0.3, 0.4) is 0 Å². The van der Waals surface area contributed by atoms with Crippen LogP contribution in [-0.4, -0.2) is 16.2 Å². The normalized spacial score (nSPS) is 20.2. The average Bonchev–Trinajstić information content (AvgIpc) is 2.18. The summed E-state index contributed by atoms with van der Waals surface area (Å²) in [6.45, 7) is 0. The summed E-state index contributed by atoms with van der Waals surface area (Å²) >= 11 is 0. The first kappa shape index (κ1) is 9.21. The van der Waals surface area contributed by atoms with Gasteiger partial charge in [-0.3, -0.25) is 0 Å². The van der Waals surface area contributed by atoms with E-state index < -0.39 is 12.1 Å². The van der Waals surface area contributed by atoms with Crippen molar-refractivity contribution in [2.24, 2.45) is 0 Å². The summed E-state index contributed by atoms with van der Waals surface area (Å²) in [5.41, 5.74) is 2.12. The van der Waals surface area contributed by atoms with Gasteiger partial charge in [0.05, 0.1) is 11.7 Å². The van der Waals surface area contributed by atoms with Crippen LogP contribution in [0.25, 0.3) is 0 Å². The van der Waals surface area contributed by atoms with Crippen molar-refractivity contribution >= 4 is 5.97 Å². The lowest BCUT2D eigenvalue weighted by Gasteiger charge is -2.21. The fourth-order valence-electron chi connectivity index (χ4n) is 1.91. The Morgan fingerprint density at radius 1 is 1.43 bits per heavy atom. The number of benzene rings is 1. The molecule has 2 N–H and O–H groups in total. The molecule has 14 heavy (non-hydrogen) atoms. The minimum Gasteiger partial charge on any atom is -0.478 e. The summed E-state index contributed by atoms with van der Waals surface area (Å²) in [7, 11) is 0. The summed E-state index contributed by atoms with van der Waals surface area (Å²) in [5, 5.41) is 18.5. The molecular formula is C11H12O3. The van der Waals surface area contributed by atoms with Crippen LogP contribution in [0.15, 0.2) is 18.2 Å². The lowest BCUT2D eigenvalue weighted by Crippen LogP contribution is -2.10. The third-order valence-corrected chi connectivity index (χ3v) is 2.68. The van der Waals surface area contributed by atoms with Crippen molar-refractivity contribution in [2.45, 2.75) is 25.4 Å². The molecule has 1 aliphatic rings. The third kappa shape index (κ3) is 1.51. The Balaban J connectivity index is 2.45. The molecule has 1 aromatic carbocycles. The molecule has 0 amide bonds. The lowest BCUT2D eigenvalue weighted by atomic mass is 9.88. The number of carboxylic acids is 1. The first-order chi connectivity index (χ1) is 6.68. The predicted octanol–water partition coefficient (Wildman–Crippen LogP) is 1.75. The highest BCUT2D eigenvalue weighted by Crippen LogP contribution is 2.30. The van der Waals surface area contributed by atoms with Crippen molar-refractivity contribution in [3.05, 3.63) is 34.9 Å². The number of carboxylic acid groups (broad SMARTS) is 1. The monoisotopic (exact) mass is 192 g/mol. The van der Waals surface area contributed by atoms with Crippen LogP contribution in [0, 0.1) is 0 Å². The van der Waals surface area contributed by atoms with E-state index in [-0.39, 0.29) is 5.56 Å². The van der Waals surface area contributed by atoms with Crippen molar-refractivity contribution in [1.29, 1.82) is 0 Å². The van der Waals surface area contributed by atoms with Gasteiger partial charge in [0, 0.05) is 0 Å². The van der Waals surface area contributed by atoms with Gasteiger partial charge in [-0.2, -0.15) is 0 Å². The third-order valence-electron chi connectivity index (χ3n) is 2.68. The van der Waals surface area contributed by atoms with Crippen molar-refractivity contribution in [2.75, 3.05) is 0 Å². The molecule has 0 heterocycles. The predicted molar refractivity (Wildman–Crippen MR) is 51.3 cm³/mol. The number of rotatable bonds is 1. The maximum Gasteiger partial charge on any atom is 0.335 e. The molecule has 1 atom stereocenters. The second-order valence-electron chi connectivity index (χ2n) is 3.63. The van der Waals surface area contributed by atoms with Gasteiger partial charge in [0.1, 0.15) is 0 Å². The molecule has 0 saturated carbocycles. The molecule has 0 aromatic heterocycles. The van der Waals surface area contributed by atoms with Gasteiger partial charge in [-0.15, -0.1) is 0 Å². The average molecular weight is 192 g/mol. The van der Waals surface area contributed by atoms with Crippen LogP contribution in [0.5, 0.6) is 0 Å². The van der Waals surface area contributed by atoms with Crippen LogP contribution in [-0.2, 0) is 6.42 Å². The van der Waals surface area contributed by atoms with Crippen LogP contribution in [0.4, 0.5) is 0 Å². The van der Waals surface area contributed by atoms with E-state index in [9.17, 15) is 9.90 Å². The Morgan fingerprint density at radius 2 is 2.21 bits per heavy atom. The Kier molecular flexibility index (Phi) is 2.25. The summed E-state index contributed by atoms with van der Waals surface area (Å²) in [5.74, 6) is -0.939.